The maximum absolute atomic E-state index is 13.6. The fraction of sp³-hybridized carbons (Fsp3) is 0.250. The van der Waals surface area contributed by atoms with Crippen LogP contribution in [0.15, 0.2) is 36.4 Å². The number of benzene rings is 2. The molecule has 1 amide bonds. The van der Waals surface area contributed by atoms with E-state index in [4.69, 9.17) is 9.47 Å². The maximum atomic E-state index is 13.6. The van der Waals surface area contributed by atoms with Gasteiger partial charge in [-0.2, -0.15) is 0 Å². The highest BCUT2D eigenvalue weighted by Gasteiger charge is 2.21. The molecule has 0 spiro atoms. The molecule has 2 aromatic carbocycles. The van der Waals surface area contributed by atoms with Crippen molar-refractivity contribution < 1.29 is 37.0 Å². The van der Waals surface area contributed by atoms with Crippen molar-refractivity contribution in [2.45, 2.75) is 26.4 Å². The lowest BCUT2D eigenvalue weighted by Gasteiger charge is -2.14. The highest BCUT2D eigenvalue weighted by Crippen LogP contribution is 2.20. The van der Waals surface area contributed by atoms with Gasteiger partial charge in [0, 0.05) is 12.0 Å². The van der Waals surface area contributed by atoms with Crippen LogP contribution < -0.4 is 10.1 Å². The minimum atomic E-state index is -1.73. The molecule has 0 radical (unpaired) electrons. The van der Waals surface area contributed by atoms with Gasteiger partial charge in [-0.05, 0) is 43.3 Å². The predicted molar refractivity (Wildman–Crippen MR) is 97.1 cm³/mol. The zero-order valence-corrected chi connectivity index (χ0v) is 15.6. The number of amides is 1. The average Bonchev–Trinajstić information content (AvgIpc) is 2.72. The van der Waals surface area contributed by atoms with Gasteiger partial charge in [0.05, 0.1) is 5.69 Å². The van der Waals surface area contributed by atoms with Crippen LogP contribution in [0.2, 0.25) is 0 Å². The van der Waals surface area contributed by atoms with Gasteiger partial charge in [-0.1, -0.05) is 6.92 Å². The van der Waals surface area contributed by atoms with Gasteiger partial charge in [-0.3, -0.25) is 9.59 Å². The van der Waals surface area contributed by atoms with Crippen molar-refractivity contribution in [1.29, 1.82) is 0 Å². The fourth-order valence-electron chi connectivity index (χ4n) is 2.22. The second kappa shape index (κ2) is 9.72. The van der Waals surface area contributed by atoms with Crippen LogP contribution in [-0.2, 0) is 14.3 Å². The van der Waals surface area contributed by atoms with Crippen LogP contribution >= 0.6 is 0 Å². The molecule has 0 aliphatic rings. The number of ether oxygens (including phenoxy) is 2. The molecule has 0 aliphatic carbocycles. The Morgan fingerprint density at radius 3 is 2.28 bits per heavy atom. The number of esters is 1. The number of Topliss-reactive ketones (excluding diaryl/α,β-unsaturated/α-hetero) is 1. The van der Waals surface area contributed by atoms with Crippen molar-refractivity contribution in [3.8, 4) is 5.75 Å². The molecule has 0 saturated heterocycles. The van der Waals surface area contributed by atoms with E-state index >= 15 is 0 Å². The van der Waals surface area contributed by atoms with Crippen molar-refractivity contribution >= 4 is 23.3 Å². The third kappa shape index (κ3) is 5.81. The molecule has 154 valence electrons. The minimum Gasteiger partial charge on any atom is -0.482 e. The summed E-state index contributed by atoms with van der Waals surface area (Å²) in [6, 6.07) is 7.63. The molecule has 0 fully saturated rings. The normalized spacial score (nSPS) is 11.5. The van der Waals surface area contributed by atoms with Gasteiger partial charge in [0.2, 0.25) is 0 Å². The molecule has 1 N–H and O–H groups in total. The zero-order chi connectivity index (χ0) is 21.6. The van der Waals surface area contributed by atoms with Gasteiger partial charge in [0.1, 0.15) is 5.75 Å². The summed E-state index contributed by atoms with van der Waals surface area (Å²) in [5.41, 5.74) is -0.0769. The van der Waals surface area contributed by atoms with Crippen LogP contribution in [0, 0.1) is 17.5 Å². The van der Waals surface area contributed by atoms with Gasteiger partial charge in [-0.25, -0.2) is 18.0 Å². The second-order valence-corrected chi connectivity index (χ2v) is 5.93. The summed E-state index contributed by atoms with van der Waals surface area (Å²) in [4.78, 5) is 35.3. The van der Waals surface area contributed by atoms with Crippen LogP contribution in [0.5, 0.6) is 5.75 Å². The summed E-state index contributed by atoms with van der Waals surface area (Å²) < 4.78 is 49.7. The first-order valence-corrected chi connectivity index (χ1v) is 8.62. The van der Waals surface area contributed by atoms with Crippen LogP contribution in [0.4, 0.5) is 18.9 Å². The van der Waals surface area contributed by atoms with Crippen molar-refractivity contribution in [3.05, 3.63) is 59.4 Å². The van der Waals surface area contributed by atoms with E-state index in [2.05, 4.69) is 0 Å². The van der Waals surface area contributed by atoms with Gasteiger partial charge in [0.25, 0.3) is 5.91 Å². The van der Waals surface area contributed by atoms with E-state index in [1.54, 1.807) is 19.1 Å². The SMILES string of the molecule is CCC(=O)c1ccc(OCC(=O)O[C@H](C)C(=O)Nc2ccc(F)c(F)c2F)cc1. The summed E-state index contributed by atoms with van der Waals surface area (Å²) >= 11 is 0. The van der Waals surface area contributed by atoms with Crippen molar-refractivity contribution in [1.82, 2.24) is 0 Å². The molecule has 2 rings (SSSR count). The number of carbonyl (C=O) groups excluding carboxylic acids is 3. The Balaban J connectivity index is 1.86. The summed E-state index contributed by atoms with van der Waals surface area (Å²) in [7, 11) is 0. The molecular weight excluding hydrogens is 391 g/mol. The van der Waals surface area contributed by atoms with Gasteiger partial charge in [-0.15, -0.1) is 0 Å². The van der Waals surface area contributed by atoms with E-state index in [9.17, 15) is 27.6 Å². The first-order chi connectivity index (χ1) is 13.7. The molecule has 0 aliphatic heterocycles. The topological polar surface area (TPSA) is 81.7 Å². The number of halogens is 3. The molecule has 0 heterocycles. The highest BCUT2D eigenvalue weighted by molar-refractivity contribution is 5.96. The summed E-state index contributed by atoms with van der Waals surface area (Å²) in [6.07, 6.45) is -0.982. The number of carbonyl (C=O) groups is 3. The summed E-state index contributed by atoms with van der Waals surface area (Å²) in [5, 5.41) is 2.01. The summed E-state index contributed by atoms with van der Waals surface area (Å²) in [6.45, 7) is 2.44. The first kappa shape index (κ1) is 21.9. The predicted octanol–water partition coefficient (Wildman–Crippen LogP) is 3.65. The monoisotopic (exact) mass is 409 g/mol. The Kier molecular flexibility index (Phi) is 7.35. The zero-order valence-electron chi connectivity index (χ0n) is 15.6. The van der Waals surface area contributed by atoms with Crippen molar-refractivity contribution in [2.24, 2.45) is 0 Å². The Labute approximate surface area is 164 Å². The van der Waals surface area contributed by atoms with Crippen LogP contribution in [0.3, 0.4) is 0 Å². The number of rotatable bonds is 8. The minimum absolute atomic E-state index is 0.0340. The molecule has 9 heteroatoms. The maximum Gasteiger partial charge on any atom is 0.344 e. The smallest absolute Gasteiger partial charge is 0.344 e. The fourth-order valence-corrected chi connectivity index (χ4v) is 2.22. The standard InChI is InChI=1S/C20H18F3NO5/c1-3-16(25)12-4-6-13(7-5-12)28-10-17(26)29-11(2)20(27)24-15-9-8-14(21)18(22)19(15)23/h4-9,11H,3,10H2,1-2H3,(H,24,27)/t11-/m1/s1. The molecule has 6 nitrogen and oxygen atoms in total. The van der Waals surface area contributed by atoms with E-state index in [1.165, 1.54) is 19.1 Å². The molecule has 2 aromatic rings. The molecule has 0 aromatic heterocycles. The number of hydrogen-bond acceptors (Lipinski definition) is 5. The number of nitrogens with one attached hydrogen (secondary N) is 1. The third-order valence-corrected chi connectivity index (χ3v) is 3.82. The number of hydrogen-bond donors (Lipinski definition) is 1. The number of anilines is 1. The lowest BCUT2D eigenvalue weighted by Crippen LogP contribution is -2.32. The Hall–Kier alpha value is -3.36. The van der Waals surface area contributed by atoms with Gasteiger partial charge in [0.15, 0.2) is 35.9 Å². The molecule has 1 atom stereocenters. The van der Waals surface area contributed by atoms with Crippen LogP contribution in [0.25, 0.3) is 0 Å². The highest BCUT2D eigenvalue weighted by atomic mass is 19.2. The lowest BCUT2D eigenvalue weighted by atomic mass is 10.1. The van der Waals surface area contributed by atoms with E-state index in [1.807, 2.05) is 5.32 Å². The van der Waals surface area contributed by atoms with Gasteiger partial charge >= 0.3 is 5.97 Å². The Bertz CT molecular complexity index is 915. The molecule has 0 saturated carbocycles. The van der Waals surface area contributed by atoms with Crippen LogP contribution in [-0.4, -0.2) is 30.4 Å². The van der Waals surface area contributed by atoms with E-state index in [0.717, 1.165) is 6.07 Å². The van der Waals surface area contributed by atoms with Crippen molar-refractivity contribution in [2.75, 3.05) is 11.9 Å². The third-order valence-electron chi connectivity index (χ3n) is 3.82. The summed E-state index contributed by atoms with van der Waals surface area (Å²) in [5.74, 6) is -6.23. The van der Waals surface area contributed by atoms with Crippen molar-refractivity contribution in [3.63, 3.8) is 0 Å². The lowest BCUT2D eigenvalue weighted by molar-refractivity contribution is -0.155. The van der Waals surface area contributed by atoms with Gasteiger partial charge < -0.3 is 14.8 Å². The largest absolute Gasteiger partial charge is 0.482 e. The average molecular weight is 409 g/mol. The molecule has 0 unspecified atom stereocenters. The Morgan fingerprint density at radius 2 is 1.66 bits per heavy atom. The number of ketones is 1. The first-order valence-electron chi connectivity index (χ1n) is 8.62. The van der Waals surface area contributed by atoms with E-state index in [0.29, 0.717) is 23.8 Å². The molecular formula is C20H18F3NO5. The molecule has 29 heavy (non-hydrogen) atoms. The Morgan fingerprint density at radius 1 is 1.00 bits per heavy atom. The second-order valence-electron chi connectivity index (χ2n) is 5.93. The van der Waals surface area contributed by atoms with E-state index in [-0.39, 0.29) is 5.78 Å². The van der Waals surface area contributed by atoms with E-state index < -0.39 is 47.7 Å². The quantitative estimate of drug-likeness (QED) is 0.409. The molecule has 0 bridgehead atoms. The van der Waals surface area contributed by atoms with Crippen LogP contribution in [0.1, 0.15) is 30.6 Å².